The predicted octanol–water partition coefficient (Wildman–Crippen LogP) is 5.43. The van der Waals surface area contributed by atoms with Gasteiger partial charge in [0.05, 0.1) is 18.0 Å². The van der Waals surface area contributed by atoms with Crippen LogP contribution in [0.25, 0.3) is 0 Å². The SMILES string of the molecule is CCOC(=O)C1=NN(c2cccc(Cl)c2)/C(=C2/C(=O)N(c3ccccc3)N=C2c2ccccc2)S1. The van der Waals surface area contributed by atoms with Crippen molar-refractivity contribution in [1.82, 2.24) is 0 Å². The van der Waals surface area contributed by atoms with Crippen LogP contribution in [0.2, 0.25) is 5.02 Å². The number of esters is 1. The molecule has 0 unspecified atom stereocenters. The lowest BCUT2D eigenvalue weighted by Gasteiger charge is -2.18. The Balaban J connectivity index is 1.69. The third kappa shape index (κ3) is 4.45. The number of thioether (sulfide) groups is 1. The van der Waals surface area contributed by atoms with Crippen LogP contribution in [-0.4, -0.2) is 29.2 Å². The largest absolute Gasteiger partial charge is 0.461 e. The van der Waals surface area contributed by atoms with Crippen molar-refractivity contribution in [3.8, 4) is 0 Å². The van der Waals surface area contributed by atoms with E-state index in [-0.39, 0.29) is 17.6 Å². The number of anilines is 2. The van der Waals surface area contributed by atoms with Gasteiger partial charge in [-0.2, -0.15) is 15.2 Å². The van der Waals surface area contributed by atoms with E-state index in [9.17, 15) is 9.59 Å². The van der Waals surface area contributed by atoms with Crippen molar-refractivity contribution >= 4 is 57.4 Å². The molecule has 7 nitrogen and oxygen atoms in total. The summed E-state index contributed by atoms with van der Waals surface area (Å²) in [5.41, 5.74) is 2.80. The number of halogens is 1. The van der Waals surface area contributed by atoms with Gasteiger partial charge in [0.1, 0.15) is 16.3 Å². The van der Waals surface area contributed by atoms with Gasteiger partial charge in [-0.15, -0.1) is 0 Å². The lowest BCUT2D eigenvalue weighted by Crippen LogP contribution is -2.24. The summed E-state index contributed by atoms with van der Waals surface area (Å²) in [6.45, 7) is 1.93. The van der Waals surface area contributed by atoms with E-state index in [4.69, 9.17) is 21.4 Å². The number of carbonyl (C=O) groups is 2. The highest BCUT2D eigenvalue weighted by molar-refractivity contribution is 8.19. The molecule has 0 saturated heterocycles. The second-order valence-electron chi connectivity index (χ2n) is 7.47. The number of rotatable bonds is 5. The first-order valence-corrected chi connectivity index (χ1v) is 12.0. The summed E-state index contributed by atoms with van der Waals surface area (Å²) in [5, 5.41) is 13.2. The molecule has 5 rings (SSSR count). The van der Waals surface area contributed by atoms with Crippen molar-refractivity contribution in [3.05, 3.63) is 106 Å². The van der Waals surface area contributed by atoms with Gasteiger partial charge in [-0.25, -0.2) is 9.80 Å². The average molecular weight is 503 g/mol. The molecule has 1 amide bonds. The Labute approximate surface area is 211 Å². The van der Waals surface area contributed by atoms with E-state index in [1.54, 1.807) is 36.2 Å². The maximum absolute atomic E-state index is 13.8. The summed E-state index contributed by atoms with van der Waals surface area (Å²) in [6, 6.07) is 25.7. The third-order valence-electron chi connectivity index (χ3n) is 5.18. The highest BCUT2D eigenvalue weighted by Crippen LogP contribution is 2.41. The highest BCUT2D eigenvalue weighted by atomic mass is 35.5. The van der Waals surface area contributed by atoms with Crippen molar-refractivity contribution < 1.29 is 14.3 Å². The molecule has 0 N–H and O–H groups in total. The van der Waals surface area contributed by atoms with Gasteiger partial charge in [0.2, 0.25) is 5.04 Å². The molecule has 174 valence electrons. The first-order valence-electron chi connectivity index (χ1n) is 10.8. The third-order valence-corrected chi connectivity index (χ3v) is 6.43. The minimum atomic E-state index is -0.566. The van der Waals surface area contributed by atoms with Gasteiger partial charge in [-0.05, 0) is 49.0 Å². The Kier molecular flexibility index (Phi) is 6.39. The Bertz CT molecular complexity index is 1390. The van der Waals surface area contributed by atoms with Crippen LogP contribution >= 0.6 is 23.4 Å². The van der Waals surface area contributed by atoms with Crippen LogP contribution in [-0.2, 0) is 14.3 Å². The fourth-order valence-corrected chi connectivity index (χ4v) is 4.80. The predicted molar refractivity (Wildman–Crippen MR) is 140 cm³/mol. The molecular formula is C26H19ClN4O3S. The van der Waals surface area contributed by atoms with Crippen molar-refractivity contribution in [3.63, 3.8) is 0 Å². The second-order valence-corrected chi connectivity index (χ2v) is 8.88. The fraction of sp³-hybridized carbons (Fsp3) is 0.0769. The first-order chi connectivity index (χ1) is 17.1. The quantitative estimate of drug-likeness (QED) is 0.343. The number of hydrazone groups is 2. The lowest BCUT2D eigenvalue weighted by atomic mass is 10.0. The fourth-order valence-electron chi connectivity index (χ4n) is 3.64. The van der Waals surface area contributed by atoms with Crippen LogP contribution in [0.3, 0.4) is 0 Å². The van der Waals surface area contributed by atoms with Crippen molar-refractivity contribution in [2.24, 2.45) is 10.2 Å². The summed E-state index contributed by atoms with van der Waals surface area (Å²) in [4.78, 5) is 26.4. The van der Waals surface area contributed by atoms with Crippen LogP contribution in [0.5, 0.6) is 0 Å². The molecule has 0 radical (unpaired) electrons. The molecule has 3 aromatic rings. The van der Waals surface area contributed by atoms with E-state index < -0.39 is 5.97 Å². The number of hydrogen-bond acceptors (Lipinski definition) is 7. The minimum Gasteiger partial charge on any atom is -0.461 e. The minimum absolute atomic E-state index is 0.118. The van der Waals surface area contributed by atoms with E-state index in [0.717, 1.165) is 17.3 Å². The van der Waals surface area contributed by atoms with Crippen molar-refractivity contribution in [2.45, 2.75) is 6.92 Å². The van der Waals surface area contributed by atoms with Crippen LogP contribution in [0, 0.1) is 0 Å². The Hall–Kier alpha value is -3.88. The van der Waals surface area contributed by atoms with Gasteiger partial charge in [-0.3, -0.25) is 4.79 Å². The topological polar surface area (TPSA) is 74.6 Å². The maximum Gasteiger partial charge on any atom is 0.365 e. The van der Waals surface area contributed by atoms with Gasteiger partial charge in [0.25, 0.3) is 5.91 Å². The smallest absolute Gasteiger partial charge is 0.365 e. The standard InChI is InChI=1S/C26H19ClN4O3S/c1-2-34-26(33)23-29-31(20-15-9-12-18(27)16-20)25(35-23)21-22(17-10-5-3-6-11-17)28-30(24(21)32)19-13-7-4-8-14-19/h3-16H,2H2,1H3/b25-21-. The Morgan fingerprint density at radius 2 is 1.60 bits per heavy atom. The molecule has 2 aliphatic heterocycles. The molecule has 0 aliphatic carbocycles. The maximum atomic E-state index is 13.8. The van der Waals surface area contributed by atoms with Crippen LogP contribution in [0.1, 0.15) is 12.5 Å². The van der Waals surface area contributed by atoms with Crippen LogP contribution < -0.4 is 10.0 Å². The number of ether oxygens (including phenoxy) is 1. The number of hydrogen-bond donors (Lipinski definition) is 0. The molecule has 0 fully saturated rings. The normalized spacial score (nSPS) is 17.5. The highest BCUT2D eigenvalue weighted by Gasteiger charge is 2.40. The molecule has 0 bridgehead atoms. The summed E-state index contributed by atoms with van der Waals surface area (Å²) >= 11 is 7.32. The number of nitrogens with zero attached hydrogens (tertiary/aromatic N) is 4. The summed E-state index contributed by atoms with van der Waals surface area (Å²) in [5.74, 6) is -0.895. The molecule has 2 heterocycles. The summed E-state index contributed by atoms with van der Waals surface area (Å²) in [7, 11) is 0. The summed E-state index contributed by atoms with van der Waals surface area (Å²) in [6.07, 6.45) is 0. The Morgan fingerprint density at radius 1 is 0.914 bits per heavy atom. The zero-order chi connectivity index (χ0) is 24.4. The molecule has 0 aromatic heterocycles. The molecular weight excluding hydrogens is 484 g/mol. The van der Waals surface area contributed by atoms with Gasteiger partial charge in [0, 0.05) is 10.6 Å². The van der Waals surface area contributed by atoms with Crippen molar-refractivity contribution in [2.75, 3.05) is 16.6 Å². The van der Waals surface area contributed by atoms with E-state index in [0.29, 0.717) is 32.7 Å². The molecule has 0 saturated carbocycles. The van der Waals surface area contributed by atoms with E-state index in [1.807, 2.05) is 60.7 Å². The number of amides is 1. The zero-order valence-corrected chi connectivity index (χ0v) is 20.2. The van der Waals surface area contributed by atoms with E-state index in [2.05, 4.69) is 5.10 Å². The van der Waals surface area contributed by atoms with Crippen LogP contribution in [0.4, 0.5) is 11.4 Å². The molecule has 2 aliphatic rings. The van der Waals surface area contributed by atoms with Gasteiger partial charge in [0.15, 0.2) is 0 Å². The van der Waals surface area contributed by atoms with Gasteiger partial charge >= 0.3 is 5.97 Å². The summed E-state index contributed by atoms with van der Waals surface area (Å²) < 4.78 is 5.18. The lowest BCUT2D eigenvalue weighted by molar-refractivity contribution is -0.134. The second kappa shape index (κ2) is 9.77. The molecule has 35 heavy (non-hydrogen) atoms. The average Bonchev–Trinajstić information content (AvgIpc) is 3.47. The monoisotopic (exact) mass is 502 g/mol. The molecule has 3 aromatic carbocycles. The number of benzene rings is 3. The van der Waals surface area contributed by atoms with E-state index in [1.165, 1.54) is 5.01 Å². The molecule has 0 spiro atoms. The van der Waals surface area contributed by atoms with Gasteiger partial charge < -0.3 is 4.74 Å². The molecule has 9 heteroatoms. The van der Waals surface area contributed by atoms with Crippen LogP contribution in [0.15, 0.2) is 106 Å². The van der Waals surface area contributed by atoms with Gasteiger partial charge in [-0.1, -0.05) is 66.2 Å². The van der Waals surface area contributed by atoms with Crippen molar-refractivity contribution in [1.29, 1.82) is 0 Å². The van der Waals surface area contributed by atoms with E-state index >= 15 is 0 Å². The number of carbonyl (C=O) groups excluding carboxylic acids is 2. The number of para-hydroxylation sites is 1. The zero-order valence-electron chi connectivity index (χ0n) is 18.6. The molecule has 0 atom stereocenters. The Morgan fingerprint density at radius 3 is 2.29 bits per heavy atom. The first kappa shape index (κ1) is 22.9.